The van der Waals surface area contributed by atoms with E-state index in [-0.39, 0.29) is 33.9 Å². The van der Waals surface area contributed by atoms with E-state index in [1.54, 1.807) is 39.0 Å². The van der Waals surface area contributed by atoms with Gasteiger partial charge in [0.25, 0.3) is 5.91 Å². The largest absolute Gasteiger partial charge is 0.451 e. The molecule has 282 valence electrons. The van der Waals surface area contributed by atoms with Gasteiger partial charge in [-0.15, -0.1) is 0 Å². The molecule has 4 N–H and O–H groups in total. The van der Waals surface area contributed by atoms with Crippen molar-refractivity contribution < 1.29 is 41.1 Å². The second-order valence-corrected chi connectivity index (χ2v) is 17.6. The Morgan fingerprint density at radius 1 is 1.02 bits per heavy atom. The monoisotopic (exact) mass is 734 g/mol. The van der Waals surface area contributed by atoms with E-state index in [4.69, 9.17) is 14.9 Å². The fraction of sp³-hybridized carbons (Fsp3) is 0.667. The predicted octanol–water partition coefficient (Wildman–Crippen LogP) is 4.93. The average Bonchev–Trinajstić information content (AvgIpc) is 3.69. The van der Waals surface area contributed by atoms with Crippen molar-refractivity contribution in [1.29, 1.82) is 0 Å². The van der Waals surface area contributed by atoms with Crippen LogP contribution in [-0.4, -0.2) is 81.5 Å². The Morgan fingerprint density at radius 2 is 1.69 bits per heavy atom. The summed E-state index contributed by atoms with van der Waals surface area (Å²) < 4.78 is 52.4. The highest BCUT2D eigenvalue weighted by Crippen LogP contribution is 2.48. The van der Waals surface area contributed by atoms with Crippen molar-refractivity contribution in [1.82, 2.24) is 18.8 Å². The van der Waals surface area contributed by atoms with Crippen LogP contribution in [0.5, 0.6) is 0 Å². The number of likely N-dealkylation sites (tertiary alicyclic amines) is 1. The van der Waals surface area contributed by atoms with Gasteiger partial charge in [0.1, 0.15) is 23.5 Å². The maximum atomic E-state index is 15.1. The zero-order valence-corrected chi connectivity index (χ0v) is 31.1. The first kappa shape index (κ1) is 38.7. The van der Waals surface area contributed by atoms with E-state index in [0.717, 1.165) is 36.4 Å². The summed E-state index contributed by atoms with van der Waals surface area (Å²) in [4.78, 5) is 53.9. The third-order valence-electron chi connectivity index (χ3n) is 11.1. The zero-order chi connectivity index (χ0) is 37.3. The number of nitrogens with one attached hydrogen (secondary N) is 2. The molecule has 5 rings (SSSR count). The Bertz CT molecular complexity index is 1730. The molecule has 2 aliphatic carbocycles. The van der Waals surface area contributed by atoms with E-state index >= 15 is 4.79 Å². The summed E-state index contributed by atoms with van der Waals surface area (Å²) in [5, 5.41) is 3.14. The summed E-state index contributed by atoms with van der Waals surface area (Å²) in [7, 11) is -1.49. The van der Waals surface area contributed by atoms with Gasteiger partial charge in [0.05, 0.1) is 18.5 Å². The Balaban J connectivity index is 1.46. The van der Waals surface area contributed by atoms with E-state index in [9.17, 15) is 27.2 Å². The van der Waals surface area contributed by atoms with E-state index in [1.807, 2.05) is 4.72 Å². The quantitative estimate of drug-likeness (QED) is 0.288. The lowest BCUT2D eigenvalue weighted by atomic mass is 9.75. The number of carbonyl (C=O) groups is 4. The SMILES string of the molecule is CN(C)S(=O)(=O)NC(=O)c1cc2cc([N+]3(C(=O)[C@H]4CC[C@H]([C@@H](CF)NC(=O)OC(C)(C)C)CC4)CC[C@@H](C4CCCCC4)[C@H]3C(N)=O)ccc2o1. The summed E-state index contributed by atoms with van der Waals surface area (Å²) in [6, 6.07) is 4.98. The number of benzene rings is 1. The molecule has 15 heteroatoms. The second-order valence-electron chi connectivity index (χ2n) is 15.7. The van der Waals surface area contributed by atoms with Crippen LogP contribution >= 0.6 is 0 Å². The Hall–Kier alpha value is -3.56. The maximum Gasteiger partial charge on any atom is 0.407 e. The third-order valence-corrected chi connectivity index (χ3v) is 12.5. The summed E-state index contributed by atoms with van der Waals surface area (Å²) >= 11 is 0. The van der Waals surface area contributed by atoms with Crippen molar-refractivity contribution in [2.75, 3.05) is 27.3 Å². The van der Waals surface area contributed by atoms with Crippen molar-refractivity contribution in [3.05, 3.63) is 30.0 Å². The number of hydrogen-bond donors (Lipinski definition) is 3. The number of nitrogens with two attached hydrogens (primary N) is 1. The predicted molar refractivity (Wildman–Crippen MR) is 190 cm³/mol. The lowest BCUT2D eigenvalue weighted by Crippen LogP contribution is -2.65. The number of halogens is 1. The van der Waals surface area contributed by atoms with Crippen LogP contribution < -0.4 is 20.3 Å². The van der Waals surface area contributed by atoms with Gasteiger partial charge in [-0.1, -0.05) is 19.3 Å². The molecule has 1 saturated heterocycles. The number of primary amides is 1. The number of furan rings is 1. The van der Waals surface area contributed by atoms with Crippen molar-refractivity contribution in [3.63, 3.8) is 0 Å². The van der Waals surface area contributed by atoms with Gasteiger partial charge >= 0.3 is 28.1 Å². The molecule has 3 aliphatic rings. The van der Waals surface area contributed by atoms with Crippen LogP contribution in [0.1, 0.15) is 95.5 Å². The lowest BCUT2D eigenvalue weighted by Gasteiger charge is -2.42. The normalized spacial score (nSPS) is 26.9. The lowest BCUT2D eigenvalue weighted by molar-refractivity contribution is -0.142. The number of alkyl carbamates (subject to hydrolysis) is 1. The first-order valence-electron chi connectivity index (χ1n) is 18.0. The van der Waals surface area contributed by atoms with Crippen LogP contribution in [0.25, 0.3) is 11.0 Å². The van der Waals surface area contributed by atoms with E-state index in [2.05, 4.69) is 5.32 Å². The standard InChI is InChI=1S/C36H52FN5O8S/c1-36(2,3)50-35(46)39-28(21-37)23-11-13-24(14-12-23)34(45)42(18-17-27(31(42)32(38)43)22-9-7-6-8-10-22)26-15-16-29-25(19-26)20-30(49-29)33(44)40-51(47,48)41(4)5/h15-16,19-20,22-24,27-28,31H,6-14,17-18,21H2,1-5H3,(H3-,38,39,40,43,44,46)/p+1/t23-,24-,27-,28+,31-,42?/m0/s1. The van der Waals surface area contributed by atoms with Crippen molar-refractivity contribution in [2.24, 2.45) is 29.4 Å². The highest BCUT2D eigenvalue weighted by Gasteiger charge is 2.60. The van der Waals surface area contributed by atoms with Gasteiger partial charge in [0.15, 0.2) is 11.8 Å². The summed E-state index contributed by atoms with van der Waals surface area (Å²) in [5.41, 5.74) is 6.39. The number of fused-ring (bicyclic) bond motifs is 1. The molecular formula is C36H53FN5O8S+. The molecule has 0 bridgehead atoms. The fourth-order valence-electron chi connectivity index (χ4n) is 8.61. The number of rotatable bonds is 10. The molecule has 13 nitrogen and oxygen atoms in total. The number of hydrogen-bond acceptors (Lipinski definition) is 8. The minimum Gasteiger partial charge on any atom is -0.451 e. The van der Waals surface area contributed by atoms with Crippen LogP contribution in [0.15, 0.2) is 28.7 Å². The van der Waals surface area contributed by atoms with Gasteiger partial charge in [0.2, 0.25) is 0 Å². The smallest absolute Gasteiger partial charge is 0.407 e. The number of amides is 4. The minimum absolute atomic E-state index is 0.0883. The van der Waals surface area contributed by atoms with Gasteiger partial charge in [-0.2, -0.15) is 12.7 Å². The topological polar surface area (TPSA) is 178 Å². The molecule has 1 aromatic carbocycles. The number of ether oxygens (including phenoxy) is 1. The van der Waals surface area contributed by atoms with Crippen molar-refractivity contribution in [3.8, 4) is 0 Å². The minimum atomic E-state index is -4.07. The molecule has 2 aromatic rings. The van der Waals surface area contributed by atoms with E-state index < -0.39 is 58.4 Å². The Morgan fingerprint density at radius 3 is 2.27 bits per heavy atom. The molecule has 0 radical (unpaired) electrons. The second kappa shape index (κ2) is 15.2. The van der Waals surface area contributed by atoms with Crippen LogP contribution in [-0.2, 0) is 24.5 Å². The molecule has 1 aliphatic heterocycles. The summed E-state index contributed by atoms with van der Waals surface area (Å²) in [6.07, 6.45) is 7.07. The zero-order valence-electron chi connectivity index (χ0n) is 30.3. The summed E-state index contributed by atoms with van der Waals surface area (Å²) in [5.74, 6) is -2.28. The third kappa shape index (κ3) is 8.25. The van der Waals surface area contributed by atoms with Crippen LogP contribution in [0.3, 0.4) is 0 Å². The molecule has 51 heavy (non-hydrogen) atoms. The Kier molecular flexibility index (Phi) is 11.5. The molecule has 3 fully saturated rings. The highest BCUT2D eigenvalue weighted by molar-refractivity contribution is 7.87. The number of quaternary nitrogens is 1. The summed E-state index contributed by atoms with van der Waals surface area (Å²) in [6.45, 7) is 4.83. The highest BCUT2D eigenvalue weighted by atomic mass is 32.2. The fourth-order valence-corrected chi connectivity index (χ4v) is 9.13. The maximum absolute atomic E-state index is 15.1. The molecule has 2 heterocycles. The van der Waals surface area contributed by atoms with Crippen molar-refractivity contribution in [2.45, 2.75) is 103 Å². The number of carbonyl (C=O) groups excluding carboxylic acids is 4. The van der Waals surface area contributed by atoms with Crippen LogP contribution in [0.2, 0.25) is 0 Å². The van der Waals surface area contributed by atoms with Gasteiger partial charge in [0, 0.05) is 44.0 Å². The molecule has 0 spiro atoms. The molecular weight excluding hydrogens is 681 g/mol. The molecule has 1 aromatic heterocycles. The molecule has 1 unspecified atom stereocenters. The number of alkyl halides is 1. The molecule has 4 atom stereocenters. The van der Waals surface area contributed by atoms with Gasteiger partial charge in [-0.3, -0.25) is 9.59 Å². The molecule has 2 saturated carbocycles. The average molecular weight is 735 g/mol. The molecule has 4 amide bonds. The van der Waals surface area contributed by atoms with Gasteiger partial charge < -0.3 is 20.2 Å². The van der Waals surface area contributed by atoms with Gasteiger partial charge in [-0.25, -0.2) is 23.2 Å². The number of nitrogens with zero attached hydrogens (tertiary/aromatic N) is 2. The Labute approximate surface area is 299 Å². The van der Waals surface area contributed by atoms with E-state index in [0.29, 0.717) is 55.3 Å². The van der Waals surface area contributed by atoms with Crippen LogP contribution in [0, 0.1) is 23.7 Å². The van der Waals surface area contributed by atoms with Crippen molar-refractivity contribution >= 4 is 50.7 Å². The first-order valence-corrected chi connectivity index (χ1v) is 19.5. The first-order chi connectivity index (χ1) is 24.0. The van der Waals surface area contributed by atoms with Gasteiger partial charge in [-0.05, 0) is 83.3 Å². The van der Waals surface area contributed by atoms with E-state index in [1.165, 1.54) is 20.2 Å². The van der Waals surface area contributed by atoms with Crippen LogP contribution in [0.4, 0.5) is 14.9 Å².